The van der Waals surface area contributed by atoms with E-state index in [1.54, 1.807) is 30.3 Å². The Labute approximate surface area is 110 Å². The van der Waals surface area contributed by atoms with Gasteiger partial charge in [0.25, 0.3) is 0 Å². The summed E-state index contributed by atoms with van der Waals surface area (Å²) in [6, 6.07) is 8.62. The first-order valence-electron chi connectivity index (χ1n) is 5.32. The summed E-state index contributed by atoms with van der Waals surface area (Å²) in [4.78, 5) is 22.5. The van der Waals surface area contributed by atoms with Crippen LogP contribution in [0.15, 0.2) is 42.1 Å². The first-order valence-corrected chi connectivity index (χ1v) is 5.32. The van der Waals surface area contributed by atoms with E-state index in [0.29, 0.717) is 5.56 Å². The molecule has 1 aromatic rings. The van der Waals surface area contributed by atoms with Crippen molar-refractivity contribution in [2.75, 3.05) is 14.2 Å². The number of rotatable bonds is 4. The maximum Gasteiger partial charge on any atom is 0.405 e. The largest absolute Gasteiger partial charge is 0.618 e. The van der Waals surface area contributed by atoms with Crippen molar-refractivity contribution in [2.24, 2.45) is 0 Å². The van der Waals surface area contributed by atoms with Crippen LogP contribution in [0.25, 0.3) is 0 Å². The smallest absolute Gasteiger partial charge is 0.405 e. The van der Waals surface area contributed by atoms with E-state index in [-0.39, 0.29) is 4.74 Å². The standard InChI is InChI=1S/C13H13NO5/c1-18-12(15)8-11(13(16)19-2)14(17)9-10-6-4-3-5-7-10/h3-9H,1-2H3/b11-8-,14-9-. The minimum absolute atomic E-state index is 0.262. The first-order chi connectivity index (χ1) is 9.08. The fourth-order valence-electron chi connectivity index (χ4n) is 1.23. The molecule has 6 heteroatoms. The highest BCUT2D eigenvalue weighted by Crippen LogP contribution is 2.02. The SMILES string of the molecule is COC(=O)/C=C(C(=O)OC)\[N+]([O-])=C\c1ccccc1. The second kappa shape index (κ2) is 6.95. The zero-order chi connectivity index (χ0) is 14.3. The van der Waals surface area contributed by atoms with Gasteiger partial charge in [0.1, 0.15) is 6.08 Å². The summed E-state index contributed by atoms with van der Waals surface area (Å²) in [6.07, 6.45) is 1.93. The average molecular weight is 263 g/mol. The summed E-state index contributed by atoms with van der Waals surface area (Å²) in [6.45, 7) is 0. The quantitative estimate of drug-likeness (QED) is 0.201. The van der Waals surface area contributed by atoms with Crippen molar-refractivity contribution >= 4 is 18.2 Å². The van der Waals surface area contributed by atoms with E-state index in [4.69, 9.17) is 0 Å². The van der Waals surface area contributed by atoms with Gasteiger partial charge in [-0.1, -0.05) is 18.2 Å². The zero-order valence-corrected chi connectivity index (χ0v) is 10.5. The Hall–Kier alpha value is -2.63. The Kier molecular flexibility index (Phi) is 5.28. The van der Waals surface area contributed by atoms with Crippen LogP contribution in [-0.2, 0) is 19.1 Å². The van der Waals surface area contributed by atoms with Crippen LogP contribution in [0.2, 0.25) is 0 Å². The second-order valence-electron chi connectivity index (χ2n) is 3.41. The first kappa shape index (κ1) is 14.4. The predicted octanol–water partition coefficient (Wildman–Crippen LogP) is 0.846. The fourth-order valence-corrected chi connectivity index (χ4v) is 1.23. The van der Waals surface area contributed by atoms with E-state index in [9.17, 15) is 14.8 Å². The number of carbonyl (C=O) groups excluding carboxylic acids is 2. The van der Waals surface area contributed by atoms with Crippen LogP contribution >= 0.6 is 0 Å². The average Bonchev–Trinajstić information content (AvgIpc) is 2.44. The maximum absolute atomic E-state index is 11.8. The van der Waals surface area contributed by atoms with Crippen LogP contribution in [0.3, 0.4) is 0 Å². The van der Waals surface area contributed by atoms with Crippen LogP contribution < -0.4 is 0 Å². The van der Waals surface area contributed by atoms with Gasteiger partial charge < -0.3 is 14.7 Å². The number of hydroxylamine groups is 1. The van der Waals surface area contributed by atoms with E-state index in [1.807, 2.05) is 0 Å². The van der Waals surface area contributed by atoms with Gasteiger partial charge in [-0.2, -0.15) is 4.74 Å². The van der Waals surface area contributed by atoms with Crippen LogP contribution in [0.1, 0.15) is 5.56 Å². The Morgan fingerprint density at radius 2 is 1.79 bits per heavy atom. The molecular weight excluding hydrogens is 250 g/mol. The lowest BCUT2D eigenvalue weighted by atomic mass is 10.2. The molecule has 0 spiro atoms. The topological polar surface area (TPSA) is 78.7 Å². The number of esters is 2. The maximum atomic E-state index is 11.8. The molecule has 0 aromatic heterocycles. The molecule has 0 aliphatic carbocycles. The summed E-state index contributed by atoms with van der Waals surface area (Å²) in [5, 5.41) is 11.8. The van der Waals surface area contributed by atoms with Crippen LogP contribution in [0.4, 0.5) is 0 Å². The molecule has 0 amide bonds. The third-order valence-electron chi connectivity index (χ3n) is 2.15. The molecule has 0 saturated heterocycles. The van der Waals surface area contributed by atoms with E-state index < -0.39 is 17.6 Å². The molecule has 0 aliphatic rings. The molecule has 0 aliphatic heterocycles. The van der Waals surface area contributed by atoms with Crippen molar-refractivity contribution in [2.45, 2.75) is 0 Å². The number of ether oxygens (including phenoxy) is 2. The van der Waals surface area contributed by atoms with Gasteiger partial charge in [0, 0.05) is 5.56 Å². The van der Waals surface area contributed by atoms with Crippen LogP contribution in [-0.4, -0.2) is 37.1 Å². The minimum atomic E-state index is -0.924. The van der Waals surface area contributed by atoms with Gasteiger partial charge in [-0.25, -0.2) is 9.59 Å². The van der Waals surface area contributed by atoms with Crippen molar-refractivity contribution < 1.29 is 23.8 Å². The molecule has 0 N–H and O–H groups in total. The molecule has 100 valence electrons. The monoisotopic (exact) mass is 263 g/mol. The van der Waals surface area contributed by atoms with Gasteiger partial charge in [-0.3, -0.25) is 0 Å². The minimum Gasteiger partial charge on any atom is -0.618 e. The summed E-state index contributed by atoms with van der Waals surface area (Å²) in [7, 11) is 2.26. The van der Waals surface area contributed by atoms with Gasteiger partial charge in [-0.05, 0) is 12.1 Å². The van der Waals surface area contributed by atoms with E-state index in [1.165, 1.54) is 0 Å². The zero-order valence-electron chi connectivity index (χ0n) is 10.5. The fraction of sp³-hybridized carbons (Fsp3) is 0.154. The summed E-state index contributed by atoms with van der Waals surface area (Å²) in [5.41, 5.74) is 0.121. The predicted molar refractivity (Wildman–Crippen MR) is 67.4 cm³/mol. The number of carbonyl (C=O) groups is 2. The Morgan fingerprint density at radius 1 is 1.16 bits per heavy atom. The molecule has 0 radical (unpaired) electrons. The molecule has 0 saturated carbocycles. The number of methoxy groups -OCH3 is 2. The molecule has 19 heavy (non-hydrogen) atoms. The lowest BCUT2D eigenvalue weighted by molar-refractivity contribution is -0.392. The highest BCUT2D eigenvalue weighted by molar-refractivity contribution is 5.95. The molecule has 0 unspecified atom stereocenters. The Morgan fingerprint density at radius 3 is 2.32 bits per heavy atom. The van der Waals surface area contributed by atoms with Crippen molar-refractivity contribution in [1.29, 1.82) is 0 Å². The van der Waals surface area contributed by atoms with Crippen molar-refractivity contribution in [3.8, 4) is 0 Å². The van der Waals surface area contributed by atoms with Crippen molar-refractivity contribution in [3.05, 3.63) is 52.9 Å². The van der Waals surface area contributed by atoms with Crippen LogP contribution in [0.5, 0.6) is 0 Å². The Bertz CT molecular complexity index is 519. The molecule has 1 aromatic carbocycles. The molecule has 6 nitrogen and oxygen atoms in total. The summed E-state index contributed by atoms with van der Waals surface area (Å²) >= 11 is 0. The number of nitrogens with zero attached hydrogens (tertiary/aromatic N) is 1. The molecule has 1 rings (SSSR count). The Balaban J connectivity index is 3.11. The molecule has 0 atom stereocenters. The van der Waals surface area contributed by atoms with E-state index >= 15 is 0 Å². The number of hydrogen-bond donors (Lipinski definition) is 0. The lowest BCUT2D eigenvalue weighted by Gasteiger charge is -2.05. The van der Waals surface area contributed by atoms with Crippen molar-refractivity contribution in [3.63, 3.8) is 0 Å². The van der Waals surface area contributed by atoms with E-state index in [0.717, 1.165) is 26.5 Å². The lowest BCUT2D eigenvalue weighted by Crippen LogP contribution is -2.18. The molecule has 0 bridgehead atoms. The second-order valence-corrected chi connectivity index (χ2v) is 3.41. The summed E-state index contributed by atoms with van der Waals surface area (Å²) in [5.74, 6) is -1.74. The van der Waals surface area contributed by atoms with Crippen molar-refractivity contribution in [1.82, 2.24) is 0 Å². The van der Waals surface area contributed by atoms with Gasteiger partial charge in [0.15, 0.2) is 6.21 Å². The number of benzene rings is 1. The molecule has 0 fully saturated rings. The summed E-state index contributed by atoms with van der Waals surface area (Å²) < 4.78 is 9.08. The molecular formula is C13H13NO5. The van der Waals surface area contributed by atoms with Gasteiger partial charge in [0.05, 0.1) is 14.2 Å². The van der Waals surface area contributed by atoms with Crippen LogP contribution in [0, 0.1) is 5.21 Å². The van der Waals surface area contributed by atoms with Gasteiger partial charge >= 0.3 is 17.6 Å². The van der Waals surface area contributed by atoms with Gasteiger partial charge in [0.2, 0.25) is 0 Å². The highest BCUT2D eigenvalue weighted by Gasteiger charge is 2.21. The normalized spacial score (nSPS) is 11.9. The van der Waals surface area contributed by atoms with Gasteiger partial charge in [-0.15, -0.1) is 0 Å². The highest BCUT2D eigenvalue weighted by atomic mass is 16.5. The third-order valence-corrected chi connectivity index (χ3v) is 2.15. The molecule has 0 heterocycles. The third kappa shape index (κ3) is 4.27. The number of hydrogen-bond acceptors (Lipinski definition) is 5. The van der Waals surface area contributed by atoms with E-state index in [2.05, 4.69) is 9.47 Å².